The van der Waals surface area contributed by atoms with Gasteiger partial charge in [0.15, 0.2) is 0 Å². The molecule has 0 aromatic heterocycles. The summed E-state index contributed by atoms with van der Waals surface area (Å²) >= 11 is 0. The van der Waals surface area contributed by atoms with Crippen molar-refractivity contribution >= 4 is 5.91 Å². The average Bonchev–Trinajstić information content (AvgIpc) is 2.59. The number of ether oxygens (including phenoxy) is 1. The van der Waals surface area contributed by atoms with Crippen molar-refractivity contribution in [3.05, 3.63) is 0 Å². The predicted molar refractivity (Wildman–Crippen MR) is 57.8 cm³/mol. The highest BCUT2D eigenvalue weighted by Gasteiger charge is 2.32. The van der Waals surface area contributed by atoms with Gasteiger partial charge in [-0.2, -0.15) is 0 Å². The SMILES string of the molecule is CC.CC(C)C(C(N)=O)C1CCCO1. The molecule has 0 aliphatic carbocycles. The quantitative estimate of drug-likeness (QED) is 0.758. The first-order valence-electron chi connectivity index (χ1n) is 5.54. The minimum absolute atomic E-state index is 0.0718. The highest BCUT2D eigenvalue weighted by molar-refractivity contribution is 5.77. The zero-order chi connectivity index (χ0) is 11.1. The molecule has 3 heteroatoms. The van der Waals surface area contributed by atoms with Crippen LogP contribution in [0.15, 0.2) is 0 Å². The standard InChI is InChI=1S/C9H17NO2.C2H6/c1-6(2)8(9(10)11)7-4-3-5-12-7;1-2/h6-8H,3-5H2,1-2H3,(H2,10,11);1-2H3. The van der Waals surface area contributed by atoms with Crippen molar-refractivity contribution in [3.63, 3.8) is 0 Å². The van der Waals surface area contributed by atoms with E-state index in [0.717, 1.165) is 19.4 Å². The molecule has 2 atom stereocenters. The van der Waals surface area contributed by atoms with E-state index < -0.39 is 0 Å². The fourth-order valence-corrected chi connectivity index (χ4v) is 1.83. The lowest BCUT2D eigenvalue weighted by molar-refractivity contribution is -0.127. The highest BCUT2D eigenvalue weighted by atomic mass is 16.5. The Morgan fingerprint density at radius 3 is 2.29 bits per heavy atom. The number of hydrogen-bond acceptors (Lipinski definition) is 2. The molecular weight excluding hydrogens is 178 g/mol. The normalized spacial score (nSPS) is 22.8. The third-order valence-corrected chi connectivity index (χ3v) is 2.41. The summed E-state index contributed by atoms with van der Waals surface area (Å²) in [5, 5.41) is 0. The van der Waals surface area contributed by atoms with E-state index in [1.807, 2.05) is 27.7 Å². The molecule has 0 aromatic rings. The monoisotopic (exact) mass is 201 g/mol. The zero-order valence-electron chi connectivity index (χ0n) is 9.75. The maximum absolute atomic E-state index is 11.1. The third kappa shape index (κ3) is 3.66. The van der Waals surface area contributed by atoms with Crippen LogP contribution >= 0.6 is 0 Å². The molecule has 2 unspecified atom stereocenters. The summed E-state index contributed by atoms with van der Waals surface area (Å²) in [6, 6.07) is 0. The van der Waals surface area contributed by atoms with Crippen LogP contribution < -0.4 is 5.73 Å². The first kappa shape index (κ1) is 13.4. The molecule has 2 N–H and O–H groups in total. The topological polar surface area (TPSA) is 52.3 Å². The summed E-state index contributed by atoms with van der Waals surface area (Å²) in [7, 11) is 0. The van der Waals surface area contributed by atoms with Crippen LogP contribution in [0.2, 0.25) is 0 Å². The van der Waals surface area contributed by atoms with E-state index in [9.17, 15) is 4.79 Å². The van der Waals surface area contributed by atoms with Gasteiger partial charge in [-0.25, -0.2) is 0 Å². The molecule has 0 radical (unpaired) electrons. The second-order valence-electron chi connectivity index (χ2n) is 3.72. The zero-order valence-corrected chi connectivity index (χ0v) is 9.75. The highest BCUT2D eigenvalue weighted by Crippen LogP contribution is 2.25. The van der Waals surface area contributed by atoms with Crippen molar-refractivity contribution in [3.8, 4) is 0 Å². The van der Waals surface area contributed by atoms with Gasteiger partial charge in [0.2, 0.25) is 5.91 Å². The van der Waals surface area contributed by atoms with E-state index in [4.69, 9.17) is 10.5 Å². The lowest BCUT2D eigenvalue weighted by Crippen LogP contribution is -2.36. The van der Waals surface area contributed by atoms with Gasteiger partial charge in [0.1, 0.15) is 0 Å². The van der Waals surface area contributed by atoms with Crippen LogP contribution in [0.3, 0.4) is 0 Å². The molecular formula is C11H23NO2. The van der Waals surface area contributed by atoms with Gasteiger partial charge >= 0.3 is 0 Å². The molecule has 0 bridgehead atoms. The van der Waals surface area contributed by atoms with E-state index in [2.05, 4.69) is 0 Å². The fourth-order valence-electron chi connectivity index (χ4n) is 1.83. The average molecular weight is 201 g/mol. The molecule has 1 saturated heterocycles. The van der Waals surface area contributed by atoms with Gasteiger partial charge in [-0.3, -0.25) is 4.79 Å². The lowest BCUT2D eigenvalue weighted by Gasteiger charge is -2.22. The molecule has 1 fully saturated rings. The van der Waals surface area contributed by atoms with E-state index in [-0.39, 0.29) is 23.8 Å². The largest absolute Gasteiger partial charge is 0.377 e. The number of primary amides is 1. The van der Waals surface area contributed by atoms with Crippen molar-refractivity contribution in [2.45, 2.75) is 46.6 Å². The van der Waals surface area contributed by atoms with Crippen LogP contribution in [0.1, 0.15) is 40.5 Å². The number of carbonyl (C=O) groups is 1. The van der Waals surface area contributed by atoms with Crippen LogP contribution in [0.25, 0.3) is 0 Å². The molecule has 3 nitrogen and oxygen atoms in total. The second-order valence-corrected chi connectivity index (χ2v) is 3.72. The Kier molecular flexibility index (Phi) is 6.54. The summed E-state index contributed by atoms with van der Waals surface area (Å²) in [5.74, 6) is -0.0463. The molecule has 1 amide bonds. The minimum Gasteiger partial charge on any atom is -0.377 e. The van der Waals surface area contributed by atoms with Crippen LogP contribution in [-0.4, -0.2) is 18.6 Å². The molecule has 0 aromatic carbocycles. The molecule has 1 aliphatic rings. The van der Waals surface area contributed by atoms with Crippen LogP contribution in [0.4, 0.5) is 0 Å². The minimum atomic E-state index is -0.225. The fraction of sp³-hybridized carbons (Fsp3) is 0.909. The molecule has 1 rings (SSSR count). The molecule has 1 heterocycles. The molecule has 0 saturated carbocycles. The molecule has 84 valence electrons. The summed E-state index contributed by atoms with van der Waals surface area (Å²) in [4.78, 5) is 11.1. The number of carbonyl (C=O) groups excluding carboxylic acids is 1. The summed E-state index contributed by atoms with van der Waals surface area (Å²) in [5.41, 5.74) is 5.30. The first-order chi connectivity index (χ1) is 6.63. The second kappa shape index (κ2) is 6.82. The van der Waals surface area contributed by atoms with Gasteiger partial charge in [0, 0.05) is 6.61 Å². The van der Waals surface area contributed by atoms with Crippen molar-refractivity contribution in [1.82, 2.24) is 0 Å². The smallest absolute Gasteiger partial charge is 0.223 e. The van der Waals surface area contributed by atoms with Crippen molar-refractivity contribution in [2.75, 3.05) is 6.61 Å². The molecule has 14 heavy (non-hydrogen) atoms. The van der Waals surface area contributed by atoms with Crippen LogP contribution in [0, 0.1) is 11.8 Å². The lowest BCUT2D eigenvalue weighted by atomic mass is 9.88. The van der Waals surface area contributed by atoms with Gasteiger partial charge in [0.05, 0.1) is 12.0 Å². The Labute approximate surface area is 87.0 Å². The van der Waals surface area contributed by atoms with Gasteiger partial charge < -0.3 is 10.5 Å². The number of rotatable bonds is 3. The van der Waals surface area contributed by atoms with Crippen molar-refractivity contribution in [2.24, 2.45) is 17.6 Å². The summed E-state index contributed by atoms with van der Waals surface area (Å²) in [6.07, 6.45) is 2.11. The van der Waals surface area contributed by atoms with Crippen molar-refractivity contribution < 1.29 is 9.53 Å². The van der Waals surface area contributed by atoms with Gasteiger partial charge in [-0.1, -0.05) is 27.7 Å². The molecule has 0 spiro atoms. The third-order valence-electron chi connectivity index (χ3n) is 2.41. The summed E-state index contributed by atoms with van der Waals surface area (Å²) in [6.45, 7) is 8.80. The van der Waals surface area contributed by atoms with E-state index in [0.29, 0.717) is 0 Å². The maximum atomic E-state index is 11.1. The number of hydrogen-bond donors (Lipinski definition) is 1. The number of nitrogens with two attached hydrogens (primary N) is 1. The van der Waals surface area contributed by atoms with Crippen LogP contribution in [-0.2, 0) is 9.53 Å². The molecule has 1 aliphatic heterocycles. The van der Waals surface area contributed by atoms with E-state index >= 15 is 0 Å². The maximum Gasteiger partial charge on any atom is 0.223 e. The Morgan fingerprint density at radius 2 is 2.00 bits per heavy atom. The Bertz CT molecular complexity index is 163. The van der Waals surface area contributed by atoms with Gasteiger partial charge in [0.25, 0.3) is 0 Å². The predicted octanol–water partition coefficient (Wildman–Crippen LogP) is 1.95. The van der Waals surface area contributed by atoms with Gasteiger partial charge in [-0.05, 0) is 18.8 Å². The van der Waals surface area contributed by atoms with E-state index in [1.54, 1.807) is 0 Å². The number of amides is 1. The Hall–Kier alpha value is -0.570. The first-order valence-corrected chi connectivity index (χ1v) is 5.54. The van der Waals surface area contributed by atoms with E-state index in [1.165, 1.54) is 0 Å². The Balaban J connectivity index is 0.000000791. The van der Waals surface area contributed by atoms with Crippen LogP contribution in [0.5, 0.6) is 0 Å². The van der Waals surface area contributed by atoms with Gasteiger partial charge in [-0.15, -0.1) is 0 Å². The Morgan fingerprint density at radius 1 is 1.43 bits per heavy atom. The summed E-state index contributed by atoms with van der Waals surface area (Å²) < 4.78 is 5.44. The van der Waals surface area contributed by atoms with Crippen molar-refractivity contribution in [1.29, 1.82) is 0 Å².